The summed E-state index contributed by atoms with van der Waals surface area (Å²) in [7, 11) is -4.13. The van der Waals surface area contributed by atoms with Gasteiger partial charge in [-0.2, -0.15) is 4.98 Å². The zero-order chi connectivity index (χ0) is 30.6. The Bertz CT molecular complexity index is 2030. The van der Waals surface area contributed by atoms with Gasteiger partial charge in [-0.25, -0.2) is 23.1 Å². The monoisotopic (exact) mass is 609 g/mol. The highest BCUT2D eigenvalue weighted by atomic mass is 32.2. The van der Waals surface area contributed by atoms with E-state index in [2.05, 4.69) is 21.6 Å². The number of rotatable bonds is 4. The Morgan fingerprint density at radius 3 is 2.50 bits per heavy atom. The van der Waals surface area contributed by atoms with Crippen LogP contribution in [0.4, 0.5) is 5.95 Å². The van der Waals surface area contributed by atoms with E-state index >= 15 is 0 Å². The van der Waals surface area contributed by atoms with Crippen LogP contribution in [0, 0.1) is 13.8 Å². The molecule has 2 aliphatic rings. The number of carbonyl (C=O) groups excluding carboxylic acids is 1. The number of pyridine rings is 1. The first-order chi connectivity index (χ1) is 21.1. The van der Waals surface area contributed by atoms with Crippen LogP contribution in [-0.4, -0.2) is 47.3 Å². The first-order valence-corrected chi connectivity index (χ1v) is 16.0. The number of ether oxygens (including phenoxy) is 1. The molecule has 1 aliphatic carbocycles. The van der Waals surface area contributed by atoms with E-state index in [1.165, 1.54) is 12.1 Å². The van der Waals surface area contributed by atoms with Crippen LogP contribution in [0.25, 0.3) is 22.4 Å². The SMILES string of the molecule is Cc1cccc(C)c1-c1cc2nc(n1)NS(=O)(=O)c1cccc(c1)C(=O)N(Cc1ccc3oc(C4(C)CC4)cc3n1)CCO2. The van der Waals surface area contributed by atoms with Crippen LogP contribution in [0.1, 0.15) is 52.7 Å². The lowest BCUT2D eigenvalue weighted by atomic mass is 10.00. The van der Waals surface area contributed by atoms with Gasteiger partial charge in [0.05, 0.1) is 29.4 Å². The molecule has 7 rings (SSSR count). The van der Waals surface area contributed by atoms with E-state index in [9.17, 15) is 13.2 Å². The molecule has 5 aromatic rings. The highest BCUT2D eigenvalue weighted by Gasteiger charge is 2.42. The van der Waals surface area contributed by atoms with Crippen LogP contribution in [-0.2, 0) is 22.0 Å². The molecule has 1 saturated carbocycles. The number of furan rings is 1. The lowest BCUT2D eigenvalue weighted by Crippen LogP contribution is -2.34. The lowest BCUT2D eigenvalue weighted by Gasteiger charge is -2.22. The number of amides is 1. The maximum absolute atomic E-state index is 13.8. The largest absolute Gasteiger partial charge is 0.476 e. The molecule has 4 bridgehead atoms. The Hall–Kier alpha value is -4.77. The molecule has 2 aromatic carbocycles. The summed E-state index contributed by atoms with van der Waals surface area (Å²) >= 11 is 0. The quantitative estimate of drug-likeness (QED) is 0.271. The minimum atomic E-state index is -4.13. The van der Waals surface area contributed by atoms with Gasteiger partial charge in [-0.15, -0.1) is 0 Å². The summed E-state index contributed by atoms with van der Waals surface area (Å²) < 4.78 is 41.5. The van der Waals surface area contributed by atoms with Crippen molar-refractivity contribution in [3.63, 3.8) is 0 Å². The average molecular weight is 610 g/mol. The first kappa shape index (κ1) is 28.0. The van der Waals surface area contributed by atoms with Crippen LogP contribution in [0.2, 0.25) is 0 Å². The molecule has 0 spiro atoms. The molecule has 0 unspecified atom stereocenters. The number of nitrogens with one attached hydrogen (secondary N) is 1. The fourth-order valence-electron chi connectivity index (χ4n) is 5.54. The van der Waals surface area contributed by atoms with E-state index in [1.807, 2.05) is 50.2 Å². The topological polar surface area (TPSA) is 128 Å². The van der Waals surface area contributed by atoms with Crippen LogP contribution >= 0.6 is 0 Å². The molecule has 11 heteroatoms. The van der Waals surface area contributed by atoms with E-state index in [1.54, 1.807) is 23.1 Å². The number of aromatic nitrogens is 3. The van der Waals surface area contributed by atoms with Gasteiger partial charge in [-0.05, 0) is 68.1 Å². The molecular weight excluding hydrogens is 578 g/mol. The Balaban J connectivity index is 1.26. The number of benzene rings is 2. The second kappa shape index (κ2) is 10.4. The number of nitrogens with zero attached hydrogens (tertiary/aromatic N) is 4. The number of aryl methyl sites for hydroxylation is 2. The fraction of sp³-hybridized carbons (Fsp3) is 0.273. The third kappa shape index (κ3) is 5.28. The van der Waals surface area contributed by atoms with E-state index in [-0.39, 0.29) is 53.3 Å². The smallest absolute Gasteiger partial charge is 0.264 e. The van der Waals surface area contributed by atoms with Gasteiger partial charge in [-0.1, -0.05) is 31.2 Å². The zero-order valence-electron chi connectivity index (χ0n) is 24.6. The van der Waals surface area contributed by atoms with Crippen LogP contribution in [0.3, 0.4) is 0 Å². The Labute approximate surface area is 255 Å². The third-order valence-electron chi connectivity index (χ3n) is 8.33. The molecule has 4 heterocycles. The van der Waals surface area contributed by atoms with Crippen molar-refractivity contribution in [3.8, 4) is 17.1 Å². The van der Waals surface area contributed by atoms with Crippen molar-refractivity contribution in [2.24, 2.45) is 0 Å². The first-order valence-electron chi connectivity index (χ1n) is 14.5. The zero-order valence-corrected chi connectivity index (χ0v) is 25.4. The molecule has 1 fully saturated rings. The van der Waals surface area contributed by atoms with Crippen LogP contribution < -0.4 is 9.46 Å². The predicted octanol–water partition coefficient (Wildman–Crippen LogP) is 5.79. The number of hydrogen-bond acceptors (Lipinski definition) is 8. The van der Waals surface area contributed by atoms with Crippen molar-refractivity contribution < 1.29 is 22.4 Å². The molecule has 0 saturated heterocycles. The summed E-state index contributed by atoms with van der Waals surface area (Å²) in [6, 6.07) is 19.2. The molecule has 1 aliphatic heterocycles. The molecular formula is C33H31N5O5S. The second-order valence-corrected chi connectivity index (χ2v) is 13.4. The highest BCUT2D eigenvalue weighted by molar-refractivity contribution is 7.92. The van der Waals surface area contributed by atoms with Gasteiger partial charge >= 0.3 is 0 Å². The van der Waals surface area contributed by atoms with Gasteiger partial charge in [0.15, 0.2) is 5.58 Å². The normalized spacial score (nSPS) is 17.2. The molecule has 1 N–H and O–H groups in total. The number of fused-ring (bicyclic) bond motifs is 5. The van der Waals surface area contributed by atoms with E-state index in [0.29, 0.717) is 17.0 Å². The van der Waals surface area contributed by atoms with E-state index < -0.39 is 10.0 Å². The highest BCUT2D eigenvalue weighted by Crippen LogP contribution is 2.48. The van der Waals surface area contributed by atoms with Crippen LogP contribution in [0.5, 0.6) is 5.88 Å². The second-order valence-electron chi connectivity index (χ2n) is 11.7. The van der Waals surface area contributed by atoms with Gasteiger partial charge in [-0.3, -0.25) is 4.79 Å². The maximum atomic E-state index is 13.8. The standard InChI is InChI=1S/C33H31N5O5S/c1-20-6-4-7-21(2)30(20)26-18-29-36-32(35-26)37-44(40,41)24-9-5-8-22(16-24)31(39)38(14-15-42-29)19-23-10-11-27-25(34-23)17-28(43-27)33(3)12-13-33/h4-11,16-18H,12-15,19H2,1-3H3,(H,35,36,37). The molecule has 3 aromatic heterocycles. The van der Waals surface area contributed by atoms with Crippen molar-refractivity contribution in [3.05, 3.63) is 94.9 Å². The summed E-state index contributed by atoms with van der Waals surface area (Å²) in [5.74, 6) is 0.650. The molecule has 0 atom stereocenters. The molecule has 224 valence electrons. The van der Waals surface area contributed by atoms with Crippen molar-refractivity contribution in [1.82, 2.24) is 19.9 Å². The summed E-state index contributed by atoms with van der Waals surface area (Å²) in [5, 5.41) is 0. The fourth-order valence-corrected chi connectivity index (χ4v) is 6.53. The summed E-state index contributed by atoms with van der Waals surface area (Å²) in [5.41, 5.74) is 5.77. The molecule has 1 amide bonds. The summed E-state index contributed by atoms with van der Waals surface area (Å²) in [4.78, 5) is 29.0. The minimum Gasteiger partial charge on any atom is -0.476 e. The van der Waals surface area contributed by atoms with Gasteiger partial charge in [0.25, 0.3) is 15.9 Å². The van der Waals surface area contributed by atoms with Gasteiger partial charge in [0, 0.05) is 28.7 Å². The van der Waals surface area contributed by atoms with Crippen LogP contribution in [0.15, 0.2) is 76.0 Å². The van der Waals surface area contributed by atoms with E-state index in [4.69, 9.17) is 14.1 Å². The predicted molar refractivity (Wildman–Crippen MR) is 165 cm³/mol. The average Bonchev–Trinajstić information content (AvgIpc) is 3.59. The minimum absolute atomic E-state index is 0.0722. The molecule has 10 nitrogen and oxygen atoms in total. The number of hydrogen-bond donors (Lipinski definition) is 1. The van der Waals surface area contributed by atoms with Gasteiger partial charge in [0.2, 0.25) is 11.8 Å². The van der Waals surface area contributed by atoms with Crippen molar-refractivity contribution >= 4 is 33.0 Å². The number of carbonyl (C=O) groups is 1. The van der Waals surface area contributed by atoms with Crippen molar-refractivity contribution in [2.75, 3.05) is 17.9 Å². The number of anilines is 1. The van der Waals surface area contributed by atoms with Crippen molar-refractivity contribution in [1.29, 1.82) is 0 Å². The Morgan fingerprint density at radius 1 is 0.955 bits per heavy atom. The van der Waals surface area contributed by atoms with Crippen molar-refractivity contribution in [2.45, 2.75) is 50.5 Å². The number of sulfonamides is 1. The maximum Gasteiger partial charge on any atom is 0.264 e. The third-order valence-corrected chi connectivity index (χ3v) is 9.66. The van der Waals surface area contributed by atoms with Gasteiger partial charge in [0.1, 0.15) is 17.9 Å². The summed E-state index contributed by atoms with van der Waals surface area (Å²) in [6.45, 7) is 6.61. The molecule has 44 heavy (non-hydrogen) atoms. The summed E-state index contributed by atoms with van der Waals surface area (Å²) in [6.07, 6.45) is 2.18. The Kier molecular flexibility index (Phi) is 6.65. The molecule has 0 radical (unpaired) electrons. The Morgan fingerprint density at radius 2 is 1.73 bits per heavy atom. The van der Waals surface area contributed by atoms with Gasteiger partial charge < -0.3 is 14.1 Å². The lowest BCUT2D eigenvalue weighted by molar-refractivity contribution is 0.0712. The van der Waals surface area contributed by atoms with E-state index in [0.717, 1.165) is 40.8 Å².